The molecule has 7 heteroatoms. The number of nitrogens with zero attached hydrogens (tertiary/aromatic N) is 2. The van der Waals surface area contributed by atoms with Crippen molar-refractivity contribution in [3.05, 3.63) is 46.2 Å². The molecule has 112 valence electrons. The lowest BCUT2D eigenvalue weighted by molar-refractivity contribution is 0.0946. The summed E-state index contributed by atoms with van der Waals surface area (Å²) in [6.45, 7) is 0.394. The Kier molecular flexibility index (Phi) is 6.16. The van der Waals surface area contributed by atoms with Gasteiger partial charge in [-0.1, -0.05) is 6.07 Å². The fourth-order valence-electron chi connectivity index (χ4n) is 1.69. The third kappa shape index (κ3) is 4.80. The first-order valence-electron chi connectivity index (χ1n) is 6.58. The number of amides is 1. The molecule has 0 bridgehead atoms. The number of rotatable bonds is 7. The van der Waals surface area contributed by atoms with Gasteiger partial charge in [0.05, 0.1) is 18.3 Å². The SMILES string of the molecule is CSCCC(N)c1nc(C(=O)NCc2ccccn2)cs1. The molecule has 0 aliphatic rings. The summed E-state index contributed by atoms with van der Waals surface area (Å²) in [5, 5.41) is 5.37. The summed E-state index contributed by atoms with van der Waals surface area (Å²) in [5.41, 5.74) is 7.29. The van der Waals surface area contributed by atoms with E-state index < -0.39 is 0 Å². The molecule has 2 aromatic rings. The van der Waals surface area contributed by atoms with Crippen molar-refractivity contribution < 1.29 is 4.79 Å². The highest BCUT2D eigenvalue weighted by molar-refractivity contribution is 7.98. The molecular formula is C14H18N4OS2. The number of carbonyl (C=O) groups excluding carboxylic acids is 1. The van der Waals surface area contributed by atoms with Crippen LogP contribution < -0.4 is 11.1 Å². The number of hydrogen-bond acceptors (Lipinski definition) is 6. The summed E-state index contributed by atoms with van der Waals surface area (Å²) in [5.74, 6) is 0.794. The van der Waals surface area contributed by atoms with Crippen LogP contribution >= 0.6 is 23.1 Å². The lowest BCUT2D eigenvalue weighted by Gasteiger charge is -2.06. The highest BCUT2D eigenvalue weighted by Gasteiger charge is 2.14. The lowest BCUT2D eigenvalue weighted by Crippen LogP contribution is -2.23. The maximum absolute atomic E-state index is 12.0. The van der Waals surface area contributed by atoms with E-state index in [4.69, 9.17) is 5.73 Å². The maximum atomic E-state index is 12.0. The molecule has 1 unspecified atom stereocenters. The molecule has 0 saturated heterocycles. The fourth-order valence-corrected chi connectivity index (χ4v) is 3.02. The number of aromatic nitrogens is 2. The molecule has 5 nitrogen and oxygen atoms in total. The Hall–Kier alpha value is -1.44. The van der Waals surface area contributed by atoms with Crippen molar-refractivity contribution in [3.8, 4) is 0 Å². The Morgan fingerprint density at radius 2 is 2.38 bits per heavy atom. The Bertz CT molecular complexity index is 573. The van der Waals surface area contributed by atoms with Crippen molar-refractivity contribution >= 4 is 29.0 Å². The minimum Gasteiger partial charge on any atom is -0.345 e. The second-order valence-electron chi connectivity index (χ2n) is 4.46. The van der Waals surface area contributed by atoms with E-state index in [0.29, 0.717) is 12.2 Å². The van der Waals surface area contributed by atoms with E-state index in [-0.39, 0.29) is 11.9 Å². The second-order valence-corrected chi connectivity index (χ2v) is 6.34. The first kappa shape index (κ1) is 15.9. The van der Waals surface area contributed by atoms with Crippen LogP contribution in [0.4, 0.5) is 0 Å². The van der Waals surface area contributed by atoms with E-state index in [2.05, 4.69) is 15.3 Å². The number of carbonyl (C=O) groups is 1. The van der Waals surface area contributed by atoms with Crippen LogP contribution in [-0.2, 0) is 6.54 Å². The minimum absolute atomic E-state index is 0.0974. The number of nitrogens with two attached hydrogens (primary N) is 1. The molecule has 0 aliphatic heterocycles. The van der Waals surface area contributed by atoms with Crippen LogP contribution in [0.5, 0.6) is 0 Å². The van der Waals surface area contributed by atoms with Crippen molar-refractivity contribution in [1.29, 1.82) is 0 Å². The van der Waals surface area contributed by atoms with Crippen molar-refractivity contribution in [2.75, 3.05) is 12.0 Å². The normalized spacial score (nSPS) is 12.1. The molecule has 0 saturated carbocycles. The van der Waals surface area contributed by atoms with Crippen molar-refractivity contribution in [1.82, 2.24) is 15.3 Å². The van der Waals surface area contributed by atoms with Gasteiger partial charge in [-0.15, -0.1) is 11.3 Å². The standard InChI is InChI=1S/C14H18N4OS2/c1-20-7-5-11(15)14-18-12(9-21-14)13(19)17-8-10-4-2-3-6-16-10/h2-4,6,9,11H,5,7-8,15H2,1H3,(H,17,19). The summed E-state index contributed by atoms with van der Waals surface area (Å²) in [6.07, 6.45) is 4.61. The number of thiazole rings is 1. The van der Waals surface area contributed by atoms with Crippen molar-refractivity contribution in [2.24, 2.45) is 5.73 Å². The second kappa shape index (κ2) is 8.11. The molecule has 0 fully saturated rings. The maximum Gasteiger partial charge on any atom is 0.271 e. The molecule has 3 N–H and O–H groups in total. The van der Waals surface area contributed by atoms with Gasteiger partial charge in [0.25, 0.3) is 5.91 Å². The summed E-state index contributed by atoms with van der Waals surface area (Å²) in [4.78, 5) is 20.5. The van der Waals surface area contributed by atoms with E-state index in [9.17, 15) is 4.79 Å². The third-order valence-electron chi connectivity index (χ3n) is 2.86. The van der Waals surface area contributed by atoms with Crippen LogP contribution in [0.15, 0.2) is 29.8 Å². The number of nitrogens with one attached hydrogen (secondary N) is 1. The lowest BCUT2D eigenvalue weighted by atomic mass is 10.2. The Labute approximate surface area is 132 Å². The number of thioether (sulfide) groups is 1. The van der Waals surface area contributed by atoms with Gasteiger partial charge in [-0.25, -0.2) is 4.98 Å². The Morgan fingerprint density at radius 1 is 1.52 bits per heavy atom. The van der Waals surface area contributed by atoms with E-state index >= 15 is 0 Å². The third-order valence-corrected chi connectivity index (χ3v) is 4.48. The van der Waals surface area contributed by atoms with E-state index in [1.807, 2.05) is 24.5 Å². The molecule has 1 atom stereocenters. The Balaban J connectivity index is 1.90. The zero-order chi connectivity index (χ0) is 15.1. The predicted molar refractivity (Wildman–Crippen MR) is 87.4 cm³/mol. The molecule has 21 heavy (non-hydrogen) atoms. The first-order chi connectivity index (χ1) is 10.2. The van der Waals surface area contributed by atoms with Gasteiger partial charge in [0.15, 0.2) is 0 Å². The van der Waals surface area contributed by atoms with Gasteiger partial charge in [0.2, 0.25) is 0 Å². The molecule has 0 radical (unpaired) electrons. The van der Waals surface area contributed by atoms with Crippen LogP contribution in [0.2, 0.25) is 0 Å². The minimum atomic E-state index is -0.194. The highest BCUT2D eigenvalue weighted by atomic mass is 32.2. The largest absolute Gasteiger partial charge is 0.345 e. The van der Waals surface area contributed by atoms with Crippen LogP contribution in [0, 0.1) is 0 Å². The van der Waals surface area contributed by atoms with Crippen molar-refractivity contribution in [2.45, 2.75) is 19.0 Å². The molecule has 0 aliphatic carbocycles. The highest BCUT2D eigenvalue weighted by Crippen LogP contribution is 2.20. The average Bonchev–Trinajstić information content (AvgIpc) is 3.01. The van der Waals surface area contributed by atoms with Gasteiger partial charge < -0.3 is 11.1 Å². The van der Waals surface area contributed by atoms with Gasteiger partial charge in [-0.2, -0.15) is 11.8 Å². The molecule has 2 heterocycles. The molecule has 0 spiro atoms. The van der Waals surface area contributed by atoms with Crippen molar-refractivity contribution in [3.63, 3.8) is 0 Å². The van der Waals surface area contributed by atoms with Gasteiger partial charge in [0.1, 0.15) is 10.7 Å². The Morgan fingerprint density at radius 3 is 3.10 bits per heavy atom. The summed E-state index contributed by atoms with van der Waals surface area (Å²) in [7, 11) is 0. The fraction of sp³-hybridized carbons (Fsp3) is 0.357. The van der Waals surface area contributed by atoms with Crippen LogP contribution in [0.3, 0.4) is 0 Å². The summed E-state index contributed by atoms with van der Waals surface area (Å²) in [6, 6.07) is 5.50. The first-order valence-corrected chi connectivity index (χ1v) is 8.86. The van der Waals surface area contributed by atoms with Crippen LogP contribution in [-0.4, -0.2) is 27.9 Å². The molecule has 2 aromatic heterocycles. The molecule has 2 rings (SSSR count). The van der Waals surface area contributed by atoms with E-state index in [0.717, 1.165) is 22.9 Å². The zero-order valence-corrected chi connectivity index (χ0v) is 13.4. The molecule has 0 aromatic carbocycles. The van der Waals surface area contributed by atoms with Gasteiger partial charge >= 0.3 is 0 Å². The quantitative estimate of drug-likeness (QED) is 0.817. The smallest absolute Gasteiger partial charge is 0.271 e. The molecule has 1 amide bonds. The van der Waals surface area contributed by atoms with Gasteiger partial charge in [-0.3, -0.25) is 9.78 Å². The number of hydrogen-bond donors (Lipinski definition) is 2. The predicted octanol–water partition coefficient (Wildman–Crippen LogP) is 2.22. The summed E-state index contributed by atoms with van der Waals surface area (Å²) < 4.78 is 0. The van der Waals surface area contributed by atoms with Crippen LogP contribution in [0.25, 0.3) is 0 Å². The van der Waals surface area contributed by atoms with E-state index in [1.54, 1.807) is 23.3 Å². The number of pyridine rings is 1. The summed E-state index contributed by atoms with van der Waals surface area (Å²) >= 11 is 3.19. The monoisotopic (exact) mass is 322 g/mol. The zero-order valence-electron chi connectivity index (χ0n) is 11.8. The van der Waals surface area contributed by atoms with Gasteiger partial charge in [-0.05, 0) is 30.6 Å². The topological polar surface area (TPSA) is 80.9 Å². The molecular weight excluding hydrogens is 304 g/mol. The average molecular weight is 322 g/mol. The van der Waals surface area contributed by atoms with Gasteiger partial charge in [0, 0.05) is 11.6 Å². The van der Waals surface area contributed by atoms with Crippen LogP contribution in [0.1, 0.15) is 33.7 Å². The van der Waals surface area contributed by atoms with E-state index in [1.165, 1.54) is 11.3 Å².